The molecule has 15 heavy (non-hydrogen) atoms. The number of nitrogen functional groups attached to an aromatic ring is 1. The minimum atomic E-state index is 0.524. The molecule has 78 valence electrons. The molecule has 0 aliphatic carbocycles. The Balaban J connectivity index is 2.54. The van der Waals surface area contributed by atoms with Crippen LogP contribution in [-0.4, -0.2) is 19.7 Å². The van der Waals surface area contributed by atoms with Crippen LogP contribution in [0.15, 0.2) is 16.9 Å². The van der Waals surface area contributed by atoms with E-state index in [4.69, 9.17) is 5.73 Å². The van der Waals surface area contributed by atoms with Crippen LogP contribution in [0.5, 0.6) is 0 Å². The summed E-state index contributed by atoms with van der Waals surface area (Å²) in [5, 5.41) is 4.31. The third-order valence-electron chi connectivity index (χ3n) is 2.05. The number of anilines is 1. The van der Waals surface area contributed by atoms with Gasteiger partial charge in [-0.3, -0.25) is 0 Å². The second kappa shape index (κ2) is 3.62. The third kappa shape index (κ3) is 1.72. The third-order valence-corrected chi connectivity index (χ3v) is 3.20. The summed E-state index contributed by atoms with van der Waals surface area (Å²) in [6.45, 7) is 3.87. The molecule has 0 radical (unpaired) electrons. The Morgan fingerprint density at radius 3 is 2.33 bits per heavy atom. The van der Waals surface area contributed by atoms with Gasteiger partial charge in [-0.2, -0.15) is 5.10 Å². The lowest BCUT2D eigenvalue weighted by atomic mass is 10.4. The van der Waals surface area contributed by atoms with Gasteiger partial charge >= 0.3 is 0 Å². The number of nitrogens with zero attached hydrogens (tertiary/aromatic N) is 4. The fourth-order valence-corrected chi connectivity index (χ4v) is 1.51. The van der Waals surface area contributed by atoms with E-state index in [1.807, 2.05) is 13.8 Å². The van der Waals surface area contributed by atoms with Crippen molar-refractivity contribution in [2.45, 2.75) is 13.8 Å². The number of nitrogens with two attached hydrogens (primary N) is 1. The molecule has 0 fully saturated rings. The average molecular weight is 268 g/mol. The zero-order chi connectivity index (χ0) is 11.0. The van der Waals surface area contributed by atoms with Crippen molar-refractivity contribution in [2.24, 2.45) is 0 Å². The summed E-state index contributed by atoms with van der Waals surface area (Å²) < 4.78 is 2.65. The first-order valence-corrected chi connectivity index (χ1v) is 5.18. The van der Waals surface area contributed by atoms with Gasteiger partial charge in [0.2, 0.25) is 0 Å². The lowest BCUT2D eigenvalue weighted by molar-refractivity contribution is 0.774. The first-order valence-electron chi connectivity index (χ1n) is 4.39. The van der Waals surface area contributed by atoms with Crippen LogP contribution in [-0.2, 0) is 0 Å². The van der Waals surface area contributed by atoms with Crippen molar-refractivity contribution in [1.82, 2.24) is 19.7 Å². The smallest absolute Gasteiger partial charge is 0.250 e. The molecule has 2 aromatic heterocycles. The van der Waals surface area contributed by atoms with Crippen LogP contribution in [0.25, 0.3) is 5.95 Å². The highest BCUT2D eigenvalue weighted by molar-refractivity contribution is 9.10. The van der Waals surface area contributed by atoms with Gasteiger partial charge in [-0.25, -0.2) is 14.6 Å². The molecule has 0 aromatic carbocycles. The van der Waals surface area contributed by atoms with E-state index in [1.165, 1.54) is 0 Å². The quantitative estimate of drug-likeness (QED) is 0.853. The second-order valence-electron chi connectivity index (χ2n) is 3.21. The van der Waals surface area contributed by atoms with Gasteiger partial charge in [-0.1, -0.05) is 0 Å². The van der Waals surface area contributed by atoms with Crippen LogP contribution in [0.1, 0.15) is 11.4 Å². The van der Waals surface area contributed by atoms with Crippen molar-refractivity contribution >= 4 is 21.6 Å². The molecule has 0 saturated heterocycles. The molecular weight excluding hydrogens is 258 g/mol. The summed E-state index contributed by atoms with van der Waals surface area (Å²) in [6, 6.07) is 0. The molecule has 0 spiro atoms. The SMILES string of the molecule is Cc1nn(-c2ncc(N)cn2)c(C)c1Br. The maximum Gasteiger partial charge on any atom is 0.250 e. The molecule has 0 bridgehead atoms. The van der Waals surface area contributed by atoms with Crippen molar-refractivity contribution in [2.75, 3.05) is 5.73 Å². The monoisotopic (exact) mass is 267 g/mol. The fraction of sp³-hybridized carbons (Fsp3) is 0.222. The molecule has 6 heteroatoms. The number of rotatable bonds is 1. The molecule has 2 N–H and O–H groups in total. The molecule has 0 aliphatic rings. The first-order chi connectivity index (χ1) is 7.09. The van der Waals surface area contributed by atoms with Gasteiger partial charge in [-0.15, -0.1) is 0 Å². The molecular formula is C9H10BrN5. The number of hydrogen-bond donors (Lipinski definition) is 1. The highest BCUT2D eigenvalue weighted by Crippen LogP contribution is 2.21. The van der Waals surface area contributed by atoms with E-state index in [-0.39, 0.29) is 0 Å². The van der Waals surface area contributed by atoms with Crippen LogP contribution in [0, 0.1) is 13.8 Å². The van der Waals surface area contributed by atoms with Crippen molar-refractivity contribution in [3.63, 3.8) is 0 Å². The van der Waals surface area contributed by atoms with E-state index in [0.29, 0.717) is 11.6 Å². The fourth-order valence-electron chi connectivity index (χ4n) is 1.26. The van der Waals surface area contributed by atoms with Gasteiger partial charge in [0.1, 0.15) is 0 Å². The van der Waals surface area contributed by atoms with Gasteiger partial charge in [0.25, 0.3) is 5.95 Å². The summed E-state index contributed by atoms with van der Waals surface area (Å²) >= 11 is 3.45. The molecule has 0 saturated carbocycles. The topological polar surface area (TPSA) is 69.6 Å². The Morgan fingerprint density at radius 2 is 1.87 bits per heavy atom. The lowest BCUT2D eigenvalue weighted by Gasteiger charge is -2.01. The van der Waals surface area contributed by atoms with Crippen LogP contribution >= 0.6 is 15.9 Å². The predicted molar refractivity (Wildman–Crippen MR) is 60.7 cm³/mol. The summed E-state index contributed by atoms with van der Waals surface area (Å²) in [7, 11) is 0. The molecule has 2 aromatic rings. The molecule has 5 nitrogen and oxygen atoms in total. The Labute approximate surface area is 95.5 Å². The normalized spacial score (nSPS) is 10.6. The number of hydrogen-bond acceptors (Lipinski definition) is 4. The zero-order valence-corrected chi connectivity index (χ0v) is 9.98. The maximum atomic E-state index is 5.51. The largest absolute Gasteiger partial charge is 0.396 e. The predicted octanol–water partition coefficient (Wildman–Crippen LogP) is 1.62. The molecule has 2 heterocycles. The van der Waals surface area contributed by atoms with Crippen molar-refractivity contribution in [1.29, 1.82) is 0 Å². The van der Waals surface area contributed by atoms with Crippen molar-refractivity contribution in [3.05, 3.63) is 28.3 Å². The van der Waals surface area contributed by atoms with Crippen LogP contribution in [0.4, 0.5) is 5.69 Å². The number of halogens is 1. The van der Waals surface area contributed by atoms with Crippen LogP contribution in [0.2, 0.25) is 0 Å². The Kier molecular flexibility index (Phi) is 2.44. The number of aromatic nitrogens is 4. The van der Waals surface area contributed by atoms with Gasteiger partial charge in [-0.05, 0) is 29.8 Å². The molecule has 0 aliphatic heterocycles. The zero-order valence-electron chi connectivity index (χ0n) is 8.40. The van der Waals surface area contributed by atoms with Gasteiger partial charge in [0.15, 0.2) is 0 Å². The van der Waals surface area contributed by atoms with E-state index in [1.54, 1.807) is 17.1 Å². The Morgan fingerprint density at radius 1 is 1.27 bits per heavy atom. The lowest BCUT2D eigenvalue weighted by Crippen LogP contribution is -2.05. The van der Waals surface area contributed by atoms with Crippen LogP contribution in [0.3, 0.4) is 0 Å². The van der Waals surface area contributed by atoms with Crippen molar-refractivity contribution < 1.29 is 0 Å². The summed E-state index contributed by atoms with van der Waals surface area (Å²) in [6.07, 6.45) is 3.12. The minimum Gasteiger partial charge on any atom is -0.396 e. The standard InChI is InChI=1S/C9H10BrN5/c1-5-8(10)6(2)15(14-5)9-12-3-7(11)4-13-9/h3-4H,11H2,1-2H3. The second-order valence-corrected chi connectivity index (χ2v) is 4.01. The molecule has 0 unspecified atom stereocenters. The summed E-state index contributed by atoms with van der Waals surface area (Å²) in [5.74, 6) is 0.524. The summed E-state index contributed by atoms with van der Waals surface area (Å²) in [4.78, 5) is 8.21. The first kappa shape index (κ1) is 10.1. The highest BCUT2D eigenvalue weighted by atomic mass is 79.9. The number of aryl methyl sites for hydroxylation is 1. The Bertz CT molecular complexity index is 488. The van der Waals surface area contributed by atoms with Crippen LogP contribution < -0.4 is 5.73 Å². The Hall–Kier alpha value is -1.43. The minimum absolute atomic E-state index is 0.524. The van der Waals surface area contributed by atoms with E-state index >= 15 is 0 Å². The maximum absolute atomic E-state index is 5.51. The van der Waals surface area contributed by atoms with E-state index in [9.17, 15) is 0 Å². The molecule has 0 amide bonds. The van der Waals surface area contributed by atoms with E-state index < -0.39 is 0 Å². The highest BCUT2D eigenvalue weighted by Gasteiger charge is 2.11. The average Bonchev–Trinajstić information content (AvgIpc) is 2.47. The summed E-state index contributed by atoms with van der Waals surface area (Å²) in [5.41, 5.74) is 7.93. The van der Waals surface area contributed by atoms with Gasteiger partial charge in [0.05, 0.1) is 33.9 Å². The van der Waals surface area contributed by atoms with E-state index in [2.05, 4.69) is 31.0 Å². The molecule has 0 atom stereocenters. The van der Waals surface area contributed by atoms with Crippen molar-refractivity contribution in [3.8, 4) is 5.95 Å². The molecule has 2 rings (SSSR count). The van der Waals surface area contributed by atoms with E-state index in [0.717, 1.165) is 15.9 Å². The van der Waals surface area contributed by atoms with Gasteiger partial charge < -0.3 is 5.73 Å². The van der Waals surface area contributed by atoms with Gasteiger partial charge in [0, 0.05) is 0 Å².